The van der Waals surface area contributed by atoms with E-state index in [-0.39, 0.29) is 35.2 Å². The largest absolute Gasteiger partial charge is 0.383 e. The third-order valence-electron chi connectivity index (χ3n) is 4.74. The molecule has 0 radical (unpaired) electrons. The van der Waals surface area contributed by atoms with Crippen molar-refractivity contribution in [1.82, 2.24) is 14.7 Å². The van der Waals surface area contributed by atoms with Crippen LogP contribution in [0, 0.1) is 17.7 Å². The lowest BCUT2D eigenvalue weighted by Gasteiger charge is -2.33. The summed E-state index contributed by atoms with van der Waals surface area (Å²) in [6, 6.07) is 5.73. The average molecular weight is 358 g/mol. The van der Waals surface area contributed by atoms with Gasteiger partial charge in [0.25, 0.3) is 0 Å². The monoisotopic (exact) mass is 358 g/mol. The van der Waals surface area contributed by atoms with Gasteiger partial charge < -0.3 is 10.6 Å². The maximum atomic E-state index is 13.1. The van der Waals surface area contributed by atoms with Crippen molar-refractivity contribution in [3.8, 4) is 5.69 Å². The molecule has 1 fully saturated rings. The lowest BCUT2D eigenvalue weighted by Crippen LogP contribution is -2.44. The molecular formula is C19H23FN4O2. The number of halogens is 1. The van der Waals surface area contributed by atoms with Crippen LogP contribution in [-0.4, -0.2) is 39.5 Å². The van der Waals surface area contributed by atoms with Crippen LogP contribution < -0.4 is 5.73 Å². The molecule has 138 valence electrons. The summed E-state index contributed by atoms with van der Waals surface area (Å²) in [6.07, 6.45) is 2.97. The number of likely N-dealkylation sites (tertiary alicyclic amines) is 1. The standard InChI is InChI=1S/C19H23FN4O2/c1-12(2)19(26)23-9-3-4-13(11-23)17(25)16-10-22-24(18(16)21)15-7-5-14(20)6-8-15/h5-8,10,12-13H,3-4,9,11,21H2,1-2H3/t13-/m1/s1. The highest BCUT2D eigenvalue weighted by Gasteiger charge is 2.31. The van der Waals surface area contributed by atoms with E-state index < -0.39 is 0 Å². The van der Waals surface area contributed by atoms with Gasteiger partial charge in [-0.1, -0.05) is 13.8 Å². The van der Waals surface area contributed by atoms with Crippen LogP contribution in [0.5, 0.6) is 0 Å². The number of piperidine rings is 1. The predicted octanol–water partition coefficient (Wildman–Crippen LogP) is 2.67. The van der Waals surface area contributed by atoms with E-state index >= 15 is 0 Å². The van der Waals surface area contributed by atoms with Crippen LogP contribution in [0.1, 0.15) is 37.0 Å². The Kier molecular flexibility index (Phi) is 5.06. The molecule has 6 nitrogen and oxygen atoms in total. The van der Waals surface area contributed by atoms with Gasteiger partial charge in [0, 0.05) is 24.9 Å². The second kappa shape index (κ2) is 7.27. The van der Waals surface area contributed by atoms with E-state index in [0.29, 0.717) is 24.3 Å². The maximum absolute atomic E-state index is 13.1. The number of ketones is 1. The Bertz CT molecular complexity index is 813. The second-order valence-electron chi connectivity index (χ2n) is 6.97. The molecule has 1 aromatic heterocycles. The summed E-state index contributed by atoms with van der Waals surface area (Å²) in [7, 11) is 0. The van der Waals surface area contributed by atoms with Crippen molar-refractivity contribution in [2.75, 3.05) is 18.8 Å². The summed E-state index contributed by atoms with van der Waals surface area (Å²) in [5.74, 6) is -0.522. The number of carbonyl (C=O) groups is 2. The van der Waals surface area contributed by atoms with Crippen LogP contribution in [0.25, 0.3) is 5.69 Å². The molecule has 0 spiro atoms. The number of Topliss-reactive ketones (excluding diaryl/α,β-unsaturated/α-hetero) is 1. The number of rotatable bonds is 4. The number of nitrogen functional groups attached to an aromatic ring is 1. The van der Waals surface area contributed by atoms with Crippen molar-refractivity contribution in [3.63, 3.8) is 0 Å². The fourth-order valence-electron chi connectivity index (χ4n) is 3.31. The number of hydrogen-bond donors (Lipinski definition) is 1. The molecule has 2 heterocycles. The number of benzene rings is 1. The van der Waals surface area contributed by atoms with E-state index in [1.54, 1.807) is 17.0 Å². The van der Waals surface area contributed by atoms with Gasteiger partial charge in [-0.3, -0.25) is 9.59 Å². The third-order valence-corrected chi connectivity index (χ3v) is 4.74. The van der Waals surface area contributed by atoms with Gasteiger partial charge in [0.15, 0.2) is 5.78 Å². The van der Waals surface area contributed by atoms with E-state index in [1.807, 2.05) is 13.8 Å². The Labute approximate surface area is 151 Å². The first-order chi connectivity index (χ1) is 12.4. The molecule has 1 aromatic carbocycles. The zero-order valence-electron chi connectivity index (χ0n) is 15.0. The fraction of sp³-hybridized carbons (Fsp3) is 0.421. The number of aromatic nitrogens is 2. The number of anilines is 1. The predicted molar refractivity (Wildman–Crippen MR) is 96.4 cm³/mol. The zero-order chi connectivity index (χ0) is 18.8. The molecule has 1 aliphatic rings. The van der Waals surface area contributed by atoms with Gasteiger partial charge in [-0.15, -0.1) is 0 Å². The van der Waals surface area contributed by atoms with Gasteiger partial charge in [0.1, 0.15) is 11.6 Å². The topological polar surface area (TPSA) is 81.2 Å². The molecule has 0 bridgehead atoms. The minimum Gasteiger partial charge on any atom is -0.383 e. The van der Waals surface area contributed by atoms with E-state index in [4.69, 9.17) is 5.73 Å². The highest BCUT2D eigenvalue weighted by atomic mass is 19.1. The van der Waals surface area contributed by atoms with E-state index in [1.165, 1.54) is 23.0 Å². The number of hydrogen-bond acceptors (Lipinski definition) is 4. The summed E-state index contributed by atoms with van der Waals surface area (Å²) < 4.78 is 14.5. The summed E-state index contributed by atoms with van der Waals surface area (Å²) in [6.45, 7) is 4.82. The first-order valence-electron chi connectivity index (χ1n) is 8.81. The second-order valence-corrected chi connectivity index (χ2v) is 6.97. The highest BCUT2D eigenvalue weighted by Crippen LogP contribution is 2.26. The van der Waals surface area contributed by atoms with Gasteiger partial charge in [-0.05, 0) is 37.1 Å². The Hall–Kier alpha value is -2.70. The molecule has 1 saturated heterocycles. The Balaban J connectivity index is 1.80. The molecular weight excluding hydrogens is 335 g/mol. The lowest BCUT2D eigenvalue weighted by molar-refractivity contribution is -0.135. The highest BCUT2D eigenvalue weighted by molar-refractivity contribution is 6.02. The van der Waals surface area contributed by atoms with Crippen LogP contribution in [0.2, 0.25) is 0 Å². The van der Waals surface area contributed by atoms with Gasteiger partial charge >= 0.3 is 0 Å². The molecule has 0 saturated carbocycles. The molecule has 7 heteroatoms. The average Bonchev–Trinajstić information content (AvgIpc) is 3.02. The van der Waals surface area contributed by atoms with E-state index in [0.717, 1.165) is 12.8 Å². The summed E-state index contributed by atoms with van der Waals surface area (Å²) >= 11 is 0. The maximum Gasteiger partial charge on any atom is 0.225 e. The molecule has 1 aliphatic heterocycles. The minimum absolute atomic E-state index is 0.0671. The summed E-state index contributed by atoms with van der Waals surface area (Å²) in [4.78, 5) is 26.9. The molecule has 1 atom stereocenters. The molecule has 26 heavy (non-hydrogen) atoms. The van der Waals surface area contributed by atoms with Crippen molar-refractivity contribution in [3.05, 3.63) is 41.8 Å². The number of nitrogens with zero attached hydrogens (tertiary/aromatic N) is 3. The number of amides is 1. The first-order valence-corrected chi connectivity index (χ1v) is 8.81. The Morgan fingerprint density at radius 1 is 1.27 bits per heavy atom. The number of nitrogens with two attached hydrogens (primary N) is 1. The van der Waals surface area contributed by atoms with Crippen molar-refractivity contribution in [1.29, 1.82) is 0 Å². The van der Waals surface area contributed by atoms with Crippen LogP contribution in [0.4, 0.5) is 10.2 Å². The third kappa shape index (κ3) is 3.47. The van der Waals surface area contributed by atoms with Crippen molar-refractivity contribution >= 4 is 17.5 Å². The van der Waals surface area contributed by atoms with Crippen molar-refractivity contribution < 1.29 is 14.0 Å². The van der Waals surface area contributed by atoms with Crippen LogP contribution >= 0.6 is 0 Å². The van der Waals surface area contributed by atoms with Crippen molar-refractivity contribution in [2.24, 2.45) is 11.8 Å². The van der Waals surface area contributed by atoms with E-state index in [2.05, 4.69) is 5.10 Å². The van der Waals surface area contributed by atoms with Crippen LogP contribution in [0.3, 0.4) is 0 Å². The minimum atomic E-state index is -0.354. The SMILES string of the molecule is CC(C)C(=O)N1CCC[C@@H](C(=O)c2cnn(-c3ccc(F)cc3)c2N)C1. The summed E-state index contributed by atoms with van der Waals surface area (Å²) in [5.41, 5.74) is 7.06. The Morgan fingerprint density at radius 3 is 2.62 bits per heavy atom. The normalized spacial score (nSPS) is 17.5. The molecule has 0 unspecified atom stereocenters. The van der Waals surface area contributed by atoms with Gasteiger partial charge in [-0.2, -0.15) is 5.10 Å². The fourth-order valence-corrected chi connectivity index (χ4v) is 3.31. The molecule has 2 aromatic rings. The van der Waals surface area contributed by atoms with Gasteiger partial charge in [0.05, 0.1) is 17.4 Å². The van der Waals surface area contributed by atoms with Crippen molar-refractivity contribution in [2.45, 2.75) is 26.7 Å². The molecule has 3 rings (SSSR count). The lowest BCUT2D eigenvalue weighted by atomic mass is 9.90. The zero-order valence-corrected chi connectivity index (χ0v) is 15.0. The summed E-state index contributed by atoms with van der Waals surface area (Å²) in [5, 5.41) is 4.18. The van der Waals surface area contributed by atoms with Gasteiger partial charge in [-0.25, -0.2) is 9.07 Å². The van der Waals surface area contributed by atoms with Crippen LogP contribution in [-0.2, 0) is 4.79 Å². The molecule has 2 N–H and O–H groups in total. The van der Waals surface area contributed by atoms with E-state index in [9.17, 15) is 14.0 Å². The molecule has 0 aliphatic carbocycles. The van der Waals surface area contributed by atoms with Gasteiger partial charge in [0.2, 0.25) is 5.91 Å². The smallest absolute Gasteiger partial charge is 0.225 e. The van der Waals surface area contributed by atoms with Crippen LogP contribution in [0.15, 0.2) is 30.5 Å². The Morgan fingerprint density at radius 2 is 1.96 bits per heavy atom. The quantitative estimate of drug-likeness (QED) is 0.852. The number of carbonyl (C=O) groups excluding carboxylic acids is 2. The first kappa shape index (κ1) is 18.1. The molecule has 1 amide bonds.